The summed E-state index contributed by atoms with van der Waals surface area (Å²) in [6.07, 6.45) is 0. The molecular weight excluding hydrogens is 184 g/mol. The molecular formula is C13H18N2. The van der Waals surface area contributed by atoms with Crippen LogP contribution in [-0.2, 0) is 7.05 Å². The Kier molecular flexibility index (Phi) is 2.31. The van der Waals surface area contributed by atoms with Crippen LogP contribution in [0.3, 0.4) is 0 Å². The summed E-state index contributed by atoms with van der Waals surface area (Å²) in [5.74, 6) is 0. The molecule has 0 radical (unpaired) electrons. The van der Waals surface area contributed by atoms with Crippen molar-refractivity contribution in [1.29, 1.82) is 0 Å². The first-order chi connectivity index (χ1) is 7.00. The van der Waals surface area contributed by atoms with Crippen LogP contribution >= 0.6 is 0 Å². The van der Waals surface area contributed by atoms with Crippen molar-refractivity contribution in [2.24, 2.45) is 12.8 Å². The van der Waals surface area contributed by atoms with E-state index in [-0.39, 0.29) is 6.04 Å². The molecule has 15 heavy (non-hydrogen) atoms. The Morgan fingerprint density at radius 1 is 1.20 bits per heavy atom. The van der Waals surface area contributed by atoms with Gasteiger partial charge in [-0.05, 0) is 44.0 Å². The van der Waals surface area contributed by atoms with Crippen LogP contribution in [0.2, 0.25) is 0 Å². The molecule has 80 valence electrons. The third-order valence-corrected chi connectivity index (χ3v) is 3.02. The third kappa shape index (κ3) is 1.55. The first-order valence-electron chi connectivity index (χ1n) is 5.33. The minimum atomic E-state index is 0.0853. The predicted molar refractivity (Wildman–Crippen MR) is 65.0 cm³/mol. The molecule has 2 rings (SSSR count). The Morgan fingerprint density at radius 2 is 1.87 bits per heavy atom. The quantitative estimate of drug-likeness (QED) is 0.757. The normalized spacial score (nSPS) is 13.4. The minimum Gasteiger partial charge on any atom is -0.346 e. The number of hydrogen-bond acceptors (Lipinski definition) is 1. The lowest BCUT2D eigenvalue weighted by atomic mass is 10.1. The van der Waals surface area contributed by atoms with E-state index in [0.29, 0.717) is 0 Å². The molecule has 0 aliphatic heterocycles. The highest BCUT2D eigenvalue weighted by Gasteiger charge is 2.10. The van der Waals surface area contributed by atoms with Crippen molar-refractivity contribution in [3.63, 3.8) is 0 Å². The van der Waals surface area contributed by atoms with Gasteiger partial charge in [-0.1, -0.05) is 6.07 Å². The predicted octanol–water partition coefficient (Wildman–Crippen LogP) is 2.81. The van der Waals surface area contributed by atoms with Crippen LogP contribution in [0.4, 0.5) is 0 Å². The van der Waals surface area contributed by atoms with Crippen molar-refractivity contribution in [1.82, 2.24) is 4.57 Å². The Balaban J connectivity index is 2.82. The lowest BCUT2D eigenvalue weighted by molar-refractivity contribution is 0.726. The topological polar surface area (TPSA) is 30.9 Å². The van der Waals surface area contributed by atoms with Gasteiger partial charge in [-0.15, -0.1) is 0 Å². The van der Waals surface area contributed by atoms with Crippen molar-refractivity contribution < 1.29 is 0 Å². The maximum atomic E-state index is 5.95. The van der Waals surface area contributed by atoms with Crippen molar-refractivity contribution in [3.05, 3.63) is 35.0 Å². The molecule has 0 fully saturated rings. The molecule has 0 spiro atoms. The van der Waals surface area contributed by atoms with Crippen LogP contribution in [0.25, 0.3) is 10.9 Å². The Labute approximate surface area is 90.7 Å². The molecule has 2 heteroatoms. The van der Waals surface area contributed by atoms with Gasteiger partial charge in [0.05, 0.1) is 0 Å². The van der Waals surface area contributed by atoms with Crippen molar-refractivity contribution in [3.8, 4) is 0 Å². The third-order valence-electron chi connectivity index (χ3n) is 3.02. The average molecular weight is 202 g/mol. The van der Waals surface area contributed by atoms with Crippen LogP contribution in [0.5, 0.6) is 0 Å². The molecule has 2 aromatic rings. The van der Waals surface area contributed by atoms with Gasteiger partial charge in [0.15, 0.2) is 0 Å². The van der Waals surface area contributed by atoms with Crippen LogP contribution in [-0.4, -0.2) is 4.57 Å². The Bertz CT molecular complexity index is 507. The van der Waals surface area contributed by atoms with E-state index in [1.54, 1.807) is 0 Å². The summed E-state index contributed by atoms with van der Waals surface area (Å²) in [4.78, 5) is 0. The summed E-state index contributed by atoms with van der Waals surface area (Å²) >= 11 is 0. The van der Waals surface area contributed by atoms with E-state index in [0.717, 1.165) is 0 Å². The van der Waals surface area contributed by atoms with E-state index in [2.05, 4.69) is 43.7 Å². The molecule has 1 heterocycles. The molecule has 0 bridgehead atoms. The molecule has 0 aliphatic rings. The Hall–Kier alpha value is -1.28. The first-order valence-corrected chi connectivity index (χ1v) is 5.33. The van der Waals surface area contributed by atoms with Crippen molar-refractivity contribution in [2.45, 2.75) is 26.8 Å². The van der Waals surface area contributed by atoms with Gasteiger partial charge in [0.2, 0.25) is 0 Å². The maximum absolute atomic E-state index is 5.95. The molecule has 0 saturated heterocycles. The Morgan fingerprint density at radius 3 is 2.47 bits per heavy atom. The number of fused-ring (bicyclic) bond motifs is 1. The van der Waals surface area contributed by atoms with Gasteiger partial charge in [-0.25, -0.2) is 0 Å². The van der Waals surface area contributed by atoms with Gasteiger partial charge in [0.25, 0.3) is 0 Å². The molecule has 1 atom stereocenters. The lowest BCUT2D eigenvalue weighted by Crippen LogP contribution is -2.09. The van der Waals surface area contributed by atoms with E-state index >= 15 is 0 Å². The van der Waals surface area contributed by atoms with Crippen LogP contribution in [0.15, 0.2) is 18.2 Å². The maximum Gasteiger partial charge on any atom is 0.0485 e. The summed E-state index contributed by atoms with van der Waals surface area (Å²) in [5.41, 5.74) is 11.0. The van der Waals surface area contributed by atoms with E-state index < -0.39 is 0 Å². The van der Waals surface area contributed by atoms with Gasteiger partial charge in [-0.2, -0.15) is 0 Å². The van der Waals surface area contributed by atoms with E-state index in [9.17, 15) is 0 Å². The molecule has 2 N–H and O–H groups in total. The average Bonchev–Trinajstić information content (AvgIpc) is 2.44. The fourth-order valence-electron chi connectivity index (χ4n) is 2.24. The zero-order chi connectivity index (χ0) is 11.2. The zero-order valence-corrected chi connectivity index (χ0v) is 9.83. The molecule has 1 aromatic carbocycles. The molecule has 2 nitrogen and oxygen atoms in total. The van der Waals surface area contributed by atoms with Crippen molar-refractivity contribution >= 4 is 10.9 Å². The summed E-state index contributed by atoms with van der Waals surface area (Å²) in [5, 5.41) is 1.32. The summed E-state index contributed by atoms with van der Waals surface area (Å²) in [6.45, 7) is 6.31. The number of aryl methyl sites for hydroxylation is 3. The van der Waals surface area contributed by atoms with Gasteiger partial charge >= 0.3 is 0 Å². The second-order valence-electron chi connectivity index (χ2n) is 4.43. The fraction of sp³-hybridized carbons (Fsp3) is 0.385. The monoisotopic (exact) mass is 202 g/mol. The second-order valence-corrected chi connectivity index (χ2v) is 4.43. The second kappa shape index (κ2) is 3.38. The first kappa shape index (κ1) is 10.2. The molecule has 0 amide bonds. The van der Waals surface area contributed by atoms with E-state index in [1.807, 2.05) is 6.92 Å². The van der Waals surface area contributed by atoms with Crippen LogP contribution in [0.1, 0.15) is 29.8 Å². The largest absolute Gasteiger partial charge is 0.346 e. The van der Waals surface area contributed by atoms with Gasteiger partial charge in [0.1, 0.15) is 0 Å². The molecule has 0 saturated carbocycles. The minimum absolute atomic E-state index is 0.0853. The summed E-state index contributed by atoms with van der Waals surface area (Å²) in [6, 6.07) is 6.72. The molecule has 1 aromatic heterocycles. The van der Waals surface area contributed by atoms with Gasteiger partial charge < -0.3 is 10.3 Å². The number of nitrogens with zero attached hydrogens (tertiary/aromatic N) is 1. The van der Waals surface area contributed by atoms with E-state index in [4.69, 9.17) is 5.73 Å². The SMILES string of the molecule is Cc1cc(C)c2cc(C(C)N)n(C)c2c1. The van der Waals surface area contributed by atoms with Gasteiger partial charge in [-0.3, -0.25) is 0 Å². The zero-order valence-electron chi connectivity index (χ0n) is 9.83. The number of rotatable bonds is 1. The fourth-order valence-corrected chi connectivity index (χ4v) is 2.24. The number of benzene rings is 1. The van der Waals surface area contributed by atoms with Gasteiger partial charge in [0, 0.05) is 29.7 Å². The van der Waals surface area contributed by atoms with Crippen molar-refractivity contribution in [2.75, 3.05) is 0 Å². The number of hydrogen-bond donors (Lipinski definition) is 1. The number of aromatic nitrogens is 1. The standard InChI is InChI=1S/C13H18N2/c1-8-5-9(2)11-7-12(10(3)14)15(4)13(11)6-8/h5-7,10H,14H2,1-4H3. The summed E-state index contributed by atoms with van der Waals surface area (Å²) < 4.78 is 2.19. The van der Waals surface area contributed by atoms with Crippen LogP contribution < -0.4 is 5.73 Å². The van der Waals surface area contributed by atoms with E-state index in [1.165, 1.54) is 27.7 Å². The lowest BCUT2D eigenvalue weighted by Gasteiger charge is -2.07. The highest BCUT2D eigenvalue weighted by Crippen LogP contribution is 2.26. The molecule has 0 aliphatic carbocycles. The molecule has 1 unspecified atom stereocenters. The van der Waals surface area contributed by atoms with Crippen LogP contribution in [0, 0.1) is 13.8 Å². The summed E-state index contributed by atoms with van der Waals surface area (Å²) in [7, 11) is 2.08. The number of nitrogens with two attached hydrogens (primary N) is 1. The highest BCUT2D eigenvalue weighted by atomic mass is 15.0. The highest BCUT2D eigenvalue weighted by molar-refractivity contribution is 5.85. The smallest absolute Gasteiger partial charge is 0.0485 e.